The van der Waals surface area contributed by atoms with Gasteiger partial charge >= 0.3 is 0 Å². The van der Waals surface area contributed by atoms with Gasteiger partial charge in [-0.15, -0.1) is 0 Å². The molecule has 2 heterocycles. The lowest BCUT2D eigenvalue weighted by Gasteiger charge is -2.13. The molecule has 1 aromatic carbocycles. The molecule has 1 N–H and O–H groups in total. The summed E-state index contributed by atoms with van der Waals surface area (Å²) in [4.78, 5) is 16.4. The van der Waals surface area contributed by atoms with Crippen molar-refractivity contribution in [2.75, 3.05) is 0 Å². The molecule has 2 aromatic heterocycles. The molecule has 0 saturated carbocycles. The third-order valence-corrected chi connectivity index (χ3v) is 3.60. The summed E-state index contributed by atoms with van der Waals surface area (Å²) >= 11 is 0. The molecule has 4 heteroatoms. The van der Waals surface area contributed by atoms with E-state index in [9.17, 15) is 4.79 Å². The van der Waals surface area contributed by atoms with Crippen molar-refractivity contribution >= 4 is 16.9 Å². The molecule has 1 atom stereocenters. The van der Waals surface area contributed by atoms with Crippen molar-refractivity contribution in [1.82, 2.24) is 10.3 Å². The minimum absolute atomic E-state index is 0.104. The van der Waals surface area contributed by atoms with Crippen LogP contribution in [-0.2, 0) is 0 Å². The molecule has 0 saturated heterocycles. The Labute approximate surface area is 122 Å². The number of amides is 1. The van der Waals surface area contributed by atoms with Gasteiger partial charge in [-0.2, -0.15) is 0 Å². The van der Waals surface area contributed by atoms with E-state index in [0.717, 1.165) is 22.1 Å². The van der Waals surface area contributed by atoms with Gasteiger partial charge in [0.15, 0.2) is 5.76 Å². The lowest BCUT2D eigenvalue weighted by Crippen LogP contribution is -2.26. The van der Waals surface area contributed by atoms with E-state index < -0.39 is 0 Å². The molecule has 106 valence electrons. The van der Waals surface area contributed by atoms with E-state index in [0.29, 0.717) is 5.76 Å². The number of carbonyl (C=O) groups is 1. The molecule has 0 unspecified atom stereocenters. The molecular weight excluding hydrogens is 264 g/mol. The number of pyridine rings is 1. The Morgan fingerprint density at radius 3 is 2.62 bits per heavy atom. The second-order valence-electron chi connectivity index (χ2n) is 5.03. The molecule has 1 amide bonds. The summed E-state index contributed by atoms with van der Waals surface area (Å²) in [6, 6.07) is 11.3. The Hall–Kier alpha value is -2.62. The topological polar surface area (TPSA) is 55.1 Å². The van der Waals surface area contributed by atoms with E-state index in [1.807, 2.05) is 50.2 Å². The maximum atomic E-state index is 12.4. The number of furan rings is 1. The normalized spacial score (nSPS) is 12.3. The fourth-order valence-corrected chi connectivity index (χ4v) is 2.39. The molecule has 0 spiro atoms. The molecule has 21 heavy (non-hydrogen) atoms. The number of hydrogen-bond donors (Lipinski definition) is 1. The first-order valence-corrected chi connectivity index (χ1v) is 6.85. The summed E-state index contributed by atoms with van der Waals surface area (Å²) < 4.78 is 5.67. The van der Waals surface area contributed by atoms with Crippen molar-refractivity contribution in [3.63, 3.8) is 0 Å². The van der Waals surface area contributed by atoms with E-state index in [1.165, 1.54) is 0 Å². The summed E-state index contributed by atoms with van der Waals surface area (Å²) in [5.41, 5.74) is 2.61. The average Bonchev–Trinajstić information content (AvgIpc) is 2.86. The van der Waals surface area contributed by atoms with Gasteiger partial charge in [-0.25, -0.2) is 0 Å². The van der Waals surface area contributed by atoms with Gasteiger partial charge in [0.1, 0.15) is 5.58 Å². The van der Waals surface area contributed by atoms with Crippen LogP contribution in [-0.4, -0.2) is 10.9 Å². The maximum Gasteiger partial charge on any atom is 0.287 e. The molecule has 3 rings (SSSR count). The number of fused-ring (bicyclic) bond motifs is 1. The van der Waals surface area contributed by atoms with Gasteiger partial charge in [-0.05, 0) is 37.6 Å². The number of nitrogens with zero attached hydrogens (tertiary/aromatic N) is 1. The molecule has 0 aliphatic rings. The Bertz CT molecular complexity index is 778. The van der Waals surface area contributed by atoms with Crippen LogP contribution in [0.15, 0.2) is 53.2 Å². The van der Waals surface area contributed by atoms with Crippen LogP contribution in [0, 0.1) is 6.92 Å². The van der Waals surface area contributed by atoms with Gasteiger partial charge < -0.3 is 9.73 Å². The van der Waals surface area contributed by atoms with Gasteiger partial charge in [-0.1, -0.05) is 18.2 Å². The molecule has 0 aliphatic carbocycles. The first-order chi connectivity index (χ1) is 10.2. The first-order valence-electron chi connectivity index (χ1n) is 6.85. The first kappa shape index (κ1) is 13.4. The van der Waals surface area contributed by atoms with Gasteiger partial charge in [0.2, 0.25) is 0 Å². The predicted molar refractivity (Wildman–Crippen MR) is 81.1 cm³/mol. The van der Waals surface area contributed by atoms with Gasteiger partial charge in [-0.3, -0.25) is 9.78 Å². The fraction of sp³-hybridized carbons (Fsp3) is 0.176. The molecule has 4 nitrogen and oxygen atoms in total. The molecule has 0 bridgehead atoms. The van der Waals surface area contributed by atoms with Crippen LogP contribution in [0.5, 0.6) is 0 Å². The van der Waals surface area contributed by atoms with Crippen molar-refractivity contribution in [3.05, 3.63) is 65.7 Å². The van der Waals surface area contributed by atoms with E-state index in [2.05, 4.69) is 10.3 Å². The lowest BCUT2D eigenvalue weighted by atomic mass is 10.1. The van der Waals surface area contributed by atoms with Crippen molar-refractivity contribution in [1.29, 1.82) is 0 Å². The zero-order valence-electron chi connectivity index (χ0n) is 12.0. The average molecular weight is 280 g/mol. The van der Waals surface area contributed by atoms with Crippen molar-refractivity contribution in [2.24, 2.45) is 0 Å². The molecule has 0 fully saturated rings. The van der Waals surface area contributed by atoms with E-state index in [1.54, 1.807) is 12.4 Å². The second kappa shape index (κ2) is 5.40. The zero-order chi connectivity index (χ0) is 14.8. The summed E-state index contributed by atoms with van der Waals surface area (Å²) in [6.07, 6.45) is 3.43. The molecule has 0 aliphatic heterocycles. The van der Waals surface area contributed by atoms with Crippen LogP contribution in [0.3, 0.4) is 0 Å². The Morgan fingerprint density at radius 1 is 1.19 bits per heavy atom. The van der Waals surface area contributed by atoms with E-state index >= 15 is 0 Å². The number of aryl methyl sites for hydroxylation is 1. The summed E-state index contributed by atoms with van der Waals surface area (Å²) in [5, 5.41) is 3.93. The van der Waals surface area contributed by atoms with Crippen LogP contribution >= 0.6 is 0 Å². The Kier molecular flexibility index (Phi) is 3.44. The number of benzene rings is 1. The Balaban J connectivity index is 1.86. The third kappa shape index (κ3) is 2.52. The zero-order valence-corrected chi connectivity index (χ0v) is 12.0. The number of nitrogens with one attached hydrogen (secondary N) is 1. The second-order valence-corrected chi connectivity index (χ2v) is 5.03. The number of hydrogen-bond acceptors (Lipinski definition) is 3. The number of carbonyl (C=O) groups excluding carboxylic acids is 1. The molecular formula is C17H16N2O2. The highest BCUT2D eigenvalue weighted by atomic mass is 16.3. The lowest BCUT2D eigenvalue weighted by molar-refractivity contribution is 0.0913. The summed E-state index contributed by atoms with van der Waals surface area (Å²) in [5.74, 6) is 0.171. The van der Waals surface area contributed by atoms with E-state index in [4.69, 9.17) is 4.42 Å². The van der Waals surface area contributed by atoms with Crippen molar-refractivity contribution in [3.8, 4) is 0 Å². The van der Waals surface area contributed by atoms with Crippen LogP contribution < -0.4 is 5.32 Å². The van der Waals surface area contributed by atoms with Crippen molar-refractivity contribution in [2.45, 2.75) is 19.9 Å². The van der Waals surface area contributed by atoms with Gasteiger partial charge in [0.25, 0.3) is 5.91 Å². The molecule has 3 aromatic rings. The minimum atomic E-state index is -0.201. The fourth-order valence-electron chi connectivity index (χ4n) is 2.39. The maximum absolute atomic E-state index is 12.4. The highest BCUT2D eigenvalue weighted by Crippen LogP contribution is 2.25. The van der Waals surface area contributed by atoms with Crippen LogP contribution in [0.25, 0.3) is 11.0 Å². The number of aromatic nitrogens is 1. The quantitative estimate of drug-likeness (QED) is 0.797. The monoisotopic (exact) mass is 280 g/mol. The summed E-state index contributed by atoms with van der Waals surface area (Å²) in [6.45, 7) is 3.84. The minimum Gasteiger partial charge on any atom is -0.451 e. The SMILES string of the molecule is Cc1c(C(=O)N[C@@H](C)c2ccncc2)oc2ccccc12. The van der Waals surface area contributed by atoms with Crippen LogP contribution in [0.2, 0.25) is 0 Å². The standard InChI is InChI=1S/C17H16N2O2/c1-11-14-5-3-4-6-15(14)21-16(11)17(20)19-12(2)13-7-9-18-10-8-13/h3-10,12H,1-2H3,(H,19,20)/t12-/m0/s1. The van der Waals surface area contributed by atoms with E-state index in [-0.39, 0.29) is 11.9 Å². The van der Waals surface area contributed by atoms with Crippen LogP contribution in [0.1, 0.15) is 34.6 Å². The summed E-state index contributed by atoms with van der Waals surface area (Å²) in [7, 11) is 0. The Morgan fingerprint density at radius 2 is 1.90 bits per heavy atom. The predicted octanol–water partition coefficient (Wildman–Crippen LogP) is 3.63. The van der Waals surface area contributed by atoms with Gasteiger partial charge in [0.05, 0.1) is 6.04 Å². The van der Waals surface area contributed by atoms with Crippen LogP contribution in [0.4, 0.5) is 0 Å². The largest absolute Gasteiger partial charge is 0.451 e. The highest BCUT2D eigenvalue weighted by molar-refractivity contribution is 5.99. The van der Waals surface area contributed by atoms with Gasteiger partial charge in [0, 0.05) is 23.3 Å². The smallest absolute Gasteiger partial charge is 0.287 e. The van der Waals surface area contributed by atoms with Crippen molar-refractivity contribution < 1.29 is 9.21 Å². The molecule has 0 radical (unpaired) electrons. The number of para-hydroxylation sites is 1. The third-order valence-electron chi connectivity index (χ3n) is 3.60. The highest BCUT2D eigenvalue weighted by Gasteiger charge is 2.19. The number of rotatable bonds is 3.